The predicted octanol–water partition coefficient (Wildman–Crippen LogP) is 2.62. The van der Waals surface area contributed by atoms with Crippen LogP contribution in [0.1, 0.15) is 22.7 Å². The Kier molecular flexibility index (Phi) is 3.69. The average molecular weight is 305 g/mol. The van der Waals surface area contributed by atoms with E-state index in [4.69, 9.17) is 0 Å². The van der Waals surface area contributed by atoms with Crippen molar-refractivity contribution in [3.05, 3.63) is 83.9 Å². The molecule has 0 bridgehead atoms. The Morgan fingerprint density at radius 1 is 1.13 bits per heavy atom. The van der Waals surface area contributed by atoms with E-state index in [9.17, 15) is 5.11 Å². The van der Waals surface area contributed by atoms with Gasteiger partial charge in [-0.05, 0) is 28.8 Å². The molecule has 2 N–H and O–H groups in total. The van der Waals surface area contributed by atoms with Gasteiger partial charge < -0.3 is 15.0 Å². The first-order chi connectivity index (χ1) is 11.3. The number of hydrogen-bond donors (Lipinski definition) is 2. The maximum Gasteiger partial charge on any atom is 0.0991 e. The van der Waals surface area contributed by atoms with E-state index in [1.165, 1.54) is 16.7 Å². The highest BCUT2D eigenvalue weighted by Crippen LogP contribution is 2.31. The van der Waals surface area contributed by atoms with Crippen molar-refractivity contribution in [3.63, 3.8) is 0 Å². The van der Waals surface area contributed by atoms with Gasteiger partial charge in [-0.25, -0.2) is 4.98 Å². The van der Waals surface area contributed by atoms with Crippen LogP contribution in [0.4, 0.5) is 0 Å². The Hall–Kier alpha value is -2.43. The van der Waals surface area contributed by atoms with E-state index in [0.29, 0.717) is 0 Å². The zero-order valence-electron chi connectivity index (χ0n) is 12.8. The Labute approximate surface area is 135 Å². The van der Waals surface area contributed by atoms with Crippen LogP contribution in [0.5, 0.6) is 0 Å². The second-order valence-corrected chi connectivity index (χ2v) is 5.97. The summed E-state index contributed by atoms with van der Waals surface area (Å²) in [6.45, 7) is 0.736. The van der Waals surface area contributed by atoms with E-state index in [2.05, 4.69) is 46.7 Å². The SMILES string of the molecule is O[C@@H]1Cc2ccccc2[C@@H]1NCc1ccc(-n2ccnc2)cc1. The van der Waals surface area contributed by atoms with Crippen molar-refractivity contribution in [1.82, 2.24) is 14.9 Å². The molecular formula is C19H19N3O. The lowest BCUT2D eigenvalue weighted by atomic mass is 10.1. The molecule has 0 unspecified atom stereocenters. The van der Waals surface area contributed by atoms with Crippen LogP contribution in [0.3, 0.4) is 0 Å². The number of aliphatic hydroxyl groups excluding tert-OH is 1. The number of aromatic nitrogens is 2. The number of hydrogen-bond acceptors (Lipinski definition) is 3. The van der Waals surface area contributed by atoms with Gasteiger partial charge in [-0.15, -0.1) is 0 Å². The van der Waals surface area contributed by atoms with Crippen LogP contribution in [0.2, 0.25) is 0 Å². The van der Waals surface area contributed by atoms with Crippen LogP contribution >= 0.6 is 0 Å². The van der Waals surface area contributed by atoms with Gasteiger partial charge in [0.2, 0.25) is 0 Å². The lowest BCUT2D eigenvalue weighted by molar-refractivity contribution is 0.140. The lowest BCUT2D eigenvalue weighted by Gasteiger charge is -2.18. The summed E-state index contributed by atoms with van der Waals surface area (Å²) in [4.78, 5) is 4.06. The molecule has 2 atom stereocenters. The highest BCUT2D eigenvalue weighted by Gasteiger charge is 2.29. The van der Waals surface area contributed by atoms with Crippen molar-refractivity contribution in [3.8, 4) is 5.69 Å². The number of nitrogens with one attached hydrogen (secondary N) is 1. The Balaban J connectivity index is 1.45. The molecule has 1 aliphatic carbocycles. The molecule has 1 aliphatic rings. The topological polar surface area (TPSA) is 50.1 Å². The summed E-state index contributed by atoms with van der Waals surface area (Å²) in [5.41, 5.74) is 4.76. The number of fused-ring (bicyclic) bond motifs is 1. The summed E-state index contributed by atoms with van der Waals surface area (Å²) in [6.07, 6.45) is 5.87. The summed E-state index contributed by atoms with van der Waals surface area (Å²) < 4.78 is 1.98. The first kappa shape index (κ1) is 14.2. The molecule has 0 saturated heterocycles. The van der Waals surface area contributed by atoms with E-state index >= 15 is 0 Å². The molecule has 0 fully saturated rings. The first-order valence-electron chi connectivity index (χ1n) is 7.88. The average Bonchev–Trinajstić information content (AvgIpc) is 3.21. The zero-order valence-corrected chi connectivity index (χ0v) is 12.8. The molecule has 0 radical (unpaired) electrons. The van der Waals surface area contributed by atoms with Gasteiger partial charge in [0, 0.05) is 31.0 Å². The smallest absolute Gasteiger partial charge is 0.0991 e. The summed E-state index contributed by atoms with van der Waals surface area (Å²) in [6, 6.07) is 16.7. The maximum atomic E-state index is 10.3. The zero-order chi connectivity index (χ0) is 15.6. The minimum Gasteiger partial charge on any atom is -0.391 e. The first-order valence-corrected chi connectivity index (χ1v) is 7.88. The standard InChI is InChI=1S/C19H19N3O/c23-18-11-15-3-1-2-4-17(15)19(18)21-12-14-5-7-16(8-6-14)22-10-9-20-13-22/h1-10,13,18-19,21,23H,11-12H2/t18-,19+/m1/s1. The summed E-state index contributed by atoms with van der Waals surface area (Å²) in [5, 5.41) is 13.8. The lowest BCUT2D eigenvalue weighted by Crippen LogP contribution is -2.28. The van der Waals surface area contributed by atoms with Crippen molar-refractivity contribution in [2.24, 2.45) is 0 Å². The molecule has 0 saturated carbocycles. The van der Waals surface area contributed by atoms with Crippen LogP contribution < -0.4 is 5.32 Å². The third kappa shape index (κ3) is 2.79. The number of nitrogens with zero attached hydrogens (tertiary/aromatic N) is 2. The van der Waals surface area contributed by atoms with Crippen molar-refractivity contribution < 1.29 is 5.11 Å². The van der Waals surface area contributed by atoms with Gasteiger partial charge in [-0.2, -0.15) is 0 Å². The number of aliphatic hydroxyl groups is 1. The van der Waals surface area contributed by atoms with E-state index in [1.54, 1.807) is 12.5 Å². The van der Waals surface area contributed by atoms with Crippen molar-refractivity contribution >= 4 is 0 Å². The minimum atomic E-state index is -0.349. The van der Waals surface area contributed by atoms with Gasteiger partial charge in [-0.3, -0.25) is 0 Å². The van der Waals surface area contributed by atoms with Crippen molar-refractivity contribution in [2.45, 2.75) is 25.1 Å². The summed E-state index contributed by atoms with van der Waals surface area (Å²) >= 11 is 0. The Morgan fingerprint density at radius 3 is 2.74 bits per heavy atom. The normalized spacial score (nSPS) is 19.7. The van der Waals surface area contributed by atoms with Gasteiger partial charge in [0.15, 0.2) is 0 Å². The van der Waals surface area contributed by atoms with Crippen LogP contribution in [-0.4, -0.2) is 20.8 Å². The van der Waals surface area contributed by atoms with Crippen molar-refractivity contribution in [1.29, 1.82) is 0 Å². The maximum absolute atomic E-state index is 10.3. The quantitative estimate of drug-likeness (QED) is 0.779. The summed E-state index contributed by atoms with van der Waals surface area (Å²) in [7, 11) is 0. The van der Waals surface area contributed by atoms with Gasteiger partial charge in [0.1, 0.15) is 0 Å². The second kappa shape index (κ2) is 5.99. The third-order valence-corrected chi connectivity index (χ3v) is 4.47. The third-order valence-electron chi connectivity index (χ3n) is 4.47. The molecule has 1 aromatic heterocycles. The van der Waals surface area contributed by atoms with E-state index in [1.807, 2.05) is 22.9 Å². The van der Waals surface area contributed by atoms with E-state index in [-0.39, 0.29) is 12.1 Å². The molecule has 2 aromatic carbocycles. The van der Waals surface area contributed by atoms with Gasteiger partial charge in [0.25, 0.3) is 0 Å². The van der Waals surface area contributed by atoms with Crippen LogP contribution in [-0.2, 0) is 13.0 Å². The monoisotopic (exact) mass is 305 g/mol. The molecule has 3 aromatic rings. The largest absolute Gasteiger partial charge is 0.391 e. The number of rotatable bonds is 4. The molecule has 4 heteroatoms. The van der Waals surface area contributed by atoms with Crippen LogP contribution in [0, 0.1) is 0 Å². The molecule has 116 valence electrons. The predicted molar refractivity (Wildman–Crippen MR) is 89.3 cm³/mol. The highest BCUT2D eigenvalue weighted by molar-refractivity contribution is 5.37. The van der Waals surface area contributed by atoms with E-state index < -0.39 is 0 Å². The molecular weight excluding hydrogens is 286 g/mol. The number of benzene rings is 2. The minimum absolute atomic E-state index is 0.0134. The second-order valence-electron chi connectivity index (χ2n) is 5.97. The van der Waals surface area contributed by atoms with Crippen LogP contribution in [0.25, 0.3) is 5.69 Å². The molecule has 0 aliphatic heterocycles. The Bertz CT molecular complexity index is 781. The fourth-order valence-electron chi connectivity index (χ4n) is 3.25. The fourth-order valence-corrected chi connectivity index (χ4v) is 3.25. The van der Waals surface area contributed by atoms with Gasteiger partial charge in [0.05, 0.1) is 18.5 Å². The fraction of sp³-hybridized carbons (Fsp3) is 0.211. The summed E-state index contributed by atoms with van der Waals surface area (Å²) in [5.74, 6) is 0. The molecule has 1 heterocycles. The number of imidazole rings is 1. The highest BCUT2D eigenvalue weighted by atomic mass is 16.3. The molecule has 4 rings (SSSR count). The van der Waals surface area contributed by atoms with Gasteiger partial charge in [-0.1, -0.05) is 36.4 Å². The Morgan fingerprint density at radius 2 is 1.96 bits per heavy atom. The van der Waals surface area contributed by atoms with Crippen molar-refractivity contribution in [2.75, 3.05) is 0 Å². The van der Waals surface area contributed by atoms with Gasteiger partial charge >= 0.3 is 0 Å². The molecule has 0 spiro atoms. The van der Waals surface area contributed by atoms with Crippen LogP contribution in [0.15, 0.2) is 67.3 Å². The molecule has 4 nitrogen and oxygen atoms in total. The molecule has 0 amide bonds. The van der Waals surface area contributed by atoms with E-state index in [0.717, 1.165) is 18.7 Å². The molecule has 23 heavy (non-hydrogen) atoms.